The molecular formula is C22H32N4O5. The third-order valence-corrected chi connectivity index (χ3v) is 4.03. The number of amidine groups is 1. The van der Waals surface area contributed by atoms with Crippen LogP contribution in [0.5, 0.6) is 5.75 Å². The van der Waals surface area contributed by atoms with E-state index >= 15 is 0 Å². The molecule has 2 rings (SSSR count). The summed E-state index contributed by atoms with van der Waals surface area (Å²) < 4.78 is 15.9. The normalized spacial score (nSPS) is 13.1. The highest BCUT2D eigenvalue weighted by Gasteiger charge is 2.23. The summed E-state index contributed by atoms with van der Waals surface area (Å²) in [7, 11) is 1.61. The smallest absolute Gasteiger partial charge is 0.408 e. The van der Waals surface area contributed by atoms with Gasteiger partial charge in [0.2, 0.25) is 5.89 Å². The SMILES string of the molecule is COc1ccc(-c2nc(CO/N=C(/N)C(CC(C)C)NC(=O)OC(C)(C)C)co2)cc1. The summed E-state index contributed by atoms with van der Waals surface area (Å²) in [5.74, 6) is 1.64. The lowest BCUT2D eigenvalue weighted by Gasteiger charge is -2.24. The number of benzene rings is 1. The first-order valence-electron chi connectivity index (χ1n) is 10.1. The van der Waals surface area contributed by atoms with Crippen LogP contribution in [0.15, 0.2) is 40.1 Å². The van der Waals surface area contributed by atoms with Crippen LogP contribution < -0.4 is 15.8 Å². The molecule has 1 atom stereocenters. The Bertz CT molecular complexity index is 869. The van der Waals surface area contributed by atoms with Crippen LogP contribution in [0.1, 0.15) is 46.7 Å². The first-order chi connectivity index (χ1) is 14.6. The predicted molar refractivity (Wildman–Crippen MR) is 118 cm³/mol. The fourth-order valence-corrected chi connectivity index (χ4v) is 2.65. The van der Waals surface area contributed by atoms with E-state index in [4.69, 9.17) is 24.5 Å². The molecule has 31 heavy (non-hydrogen) atoms. The number of hydrogen-bond donors (Lipinski definition) is 2. The monoisotopic (exact) mass is 432 g/mol. The third-order valence-electron chi connectivity index (χ3n) is 4.03. The first-order valence-corrected chi connectivity index (χ1v) is 10.1. The second-order valence-corrected chi connectivity index (χ2v) is 8.49. The molecule has 2 aromatic rings. The molecule has 1 aromatic heterocycles. The number of oxime groups is 1. The number of ether oxygens (including phenoxy) is 2. The van der Waals surface area contributed by atoms with Gasteiger partial charge >= 0.3 is 6.09 Å². The zero-order valence-corrected chi connectivity index (χ0v) is 19.0. The molecule has 0 fully saturated rings. The number of aromatic nitrogens is 1. The number of alkyl carbamates (subject to hydrolysis) is 1. The molecule has 1 heterocycles. The molecule has 170 valence electrons. The van der Waals surface area contributed by atoms with E-state index in [0.717, 1.165) is 11.3 Å². The van der Waals surface area contributed by atoms with Gasteiger partial charge in [-0.3, -0.25) is 0 Å². The molecule has 1 aromatic carbocycles. The van der Waals surface area contributed by atoms with Gasteiger partial charge in [-0.25, -0.2) is 9.78 Å². The number of carbonyl (C=O) groups excluding carboxylic acids is 1. The highest BCUT2D eigenvalue weighted by atomic mass is 16.6. The van der Waals surface area contributed by atoms with Crippen molar-refractivity contribution in [2.24, 2.45) is 16.8 Å². The number of nitrogens with zero attached hydrogens (tertiary/aromatic N) is 2. The van der Waals surface area contributed by atoms with Crippen molar-refractivity contribution in [3.05, 3.63) is 36.2 Å². The topological polar surface area (TPSA) is 121 Å². The van der Waals surface area contributed by atoms with E-state index in [1.807, 2.05) is 38.1 Å². The Hall–Kier alpha value is -3.23. The van der Waals surface area contributed by atoms with Gasteiger partial charge in [-0.1, -0.05) is 19.0 Å². The molecule has 0 spiro atoms. The molecule has 0 aliphatic carbocycles. The highest BCUT2D eigenvalue weighted by molar-refractivity contribution is 5.88. The number of rotatable bonds is 9. The Morgan fingerprint density at radius 2 is 1.94 bits per heavy atom. The van der Waals surface area contributed by atoms with Crippen LogP contribution in [0.4, 0.5) is 4.79 Å². The van der Waals surface area contributed by atoms with E-state index in [-0.39, 0.29) is 18.4 Å². The van der Waals surface area contributed by atoms with Crippen molar-refractivity contribution in [1.29, 1.82) is 0 Å². The largest absolute Gasteiger partial charge is 0.497 e. The Morgan fingerprint density at radius 1 is 1.26 bits per heavy atom. The number of oxazole rings is 1. The zero-order chi connectivity index (χ0) is 23.0. The second kappa shape index (κ2) is 10.7. The standard InChI is InChI=1S/C22H32N4O5/c1-14(2)11-18(25-21(27)31-22(3,4)5)19(23)26-30-13-16-12-29-20(24-16)15-7-9-17(28-6)10-8-15/h7-10,12,14,18H,11,13H2,1-6H3,(H2,23,26)(H,25,27). The van der Waals surface area contributed by atoms with Crippen molar-refractivity contribution < 1.29 is 23.5 Å². The Kier molecular flexibility index (Phi) is 8.30. The summed E-state index contributed by atoms with van der Waals surface area (Å²) in [6, 6.07) is 6.84. The van der Waals surface area contributed by atoms with E-state index in [1.165, 1.54) is 6.26 Å². The molecule has 0 aliphatic heterocycles. The maximum absolute atomic E-state index is 12.1. The lowest BCUT2D eigenvalue weighted by atomic mass is 10.0. The Balaban J connectivity index is 1.97. The summed E-state index contributed by atoms with van der Waals surface area (Å²) in [6.07, 6.45) is 1.52. The van der Waals surface area contributed by atoms with Crippen LogP contribution in [0.25, 0.3) is 11.5 Å². The maximum atomic E-state index is 12.1. The van der Waals surface area contributed by atoms with E-state index in [9.17, 15) is 4.79 Å². The predicted octanol–water partition coefficient (Wildman–Crippen LogP) is 4.08. The summed E-state index contributed by atoms with van der Waals surface area (Å²) >= 11 is 0. The second-order valence-electron chi connectivity index (χ2n) is 8.49. The minimum Gasteiger partial charge on any atom is -0.497 e. The number of nitrogens with one attached hydrogen (secondary N) is 1. The van der Waals surface area contributed by atoms with Gasteiger partial charge in [-0.05, 0) is 57.4 Å². The molecule has 0 saturated heterocycles. The average Bonchev–Trinajstić information content (AvgIpc) is 3.14. The van der Waals surface area contributed by atoms with Crippen LogP contribution in [0.2, 0.25) is 0 Å². The number of methoxy groups -OCH3 is 1. The van der Waals surface area contributed by atoms with E-state index in [2.05, 4.69) is 15.5 Å². The fourth-order valence-electron chi connectivity index (χ4n) is 2.65. The molecular weight excluding hydrogens is 400 g/mol. The quantitative estimate of drug-likeness (QED) is 0.348. The van der Waals surface area contributed by atoms with Gasteiger partial charge in [0, 0.05) is 5.56 Å². The average molecular weight is 433 g/mol. The zero-order valence-electron chi connectivity index (χ0n) is 19.0. The number of nitrogens with two attached hydrogens (primary N) is 1. The number of hydrogen-bond acceptors (Lipinski definition) is 7. The number of amides is 1. The van der Waals surface area contributed by atoms with Crippen LogP contribution >= 0.6 is 0 Å². The van der Waals surface area contributed by atoms with Crippen molar-refractivity contribution in [1.82, 2.24) is 10.3 Å². The molecule has 3 N–H and O–H groups in total. The lowest BCUT2D eigenvalue weighted by Crippen LogP contribution is -2.47. The first kappa shape index (κ1) is 24.0. The third kappa shape index (κ3) is 8.19. The lowest BCUT2D eigenvalue weighted by molar-refractivity contribution is 0.0512. The molecule has 0 bridgehead atoms. The van der Waals surface area contributed by atoms with Gasteiger partial charge < -0.3 is 29.8 Å². The summed E-state index contributed by atoms with van der Waals surface area (Å²) in [6.45, 7) is 9.50. The van der Waals surface area contributed by atoms with E-state index in [0.29, 0.717) is 18.0 Å². The van der Waals surface area contributed by atoms with Crippen molar-refractivity contribution >= 4 is 11.9 Å². The molecule has 0 aliphatic rings. The minimum absolute atomic E-state index is 0.0706. The molecule has 9 heteroatoms. The highest BCUT2D eigenvalue weighted by Crippen LogP contribution is 2.22. The van der Waals surface area contributed by atoms with Crippen molar-refractivity contribution in [3.63, 3.8) is 0 Å². The summed E-state index contributed by atoms with van der Waals surface area (Å²) in [5.41, 5.74) is 6.83. The van der Waals surface area contributed by atoms with Crippen molar-refractivity contribution in [2.75, 3.05) is 7.11 Å². The van der Waals surface area contributed by atoms with Crippen LogP contribution in [0, 0.1) is 5.92 Å². The Morgan fingerprint density at radius 3 is 2.52 bits per heavy atom. The molecule has 1 unspecified atom stereocenters. The van der Waals surface area contributed by atoms with E-state index < -0.39 is 17.7 Å². The molecule has 0 radical (unpaired) electrons. The molecule has 9 nitrogen and oxygen atoms in total. The van der Waals surface area contributed by atoms with Crippen molar-refractivity contribution in [2.45, 2.75) is 59.3 Å². The maximum Gasteiger partial charge on any atom is 0.408 e. The molecule has 1 amide bonds. The van der Waals surface area contributed by atoms with Gasteiger partial charge in [0.05, 0.1) is 13.2 Å². The van der Waals surface area contributed by atoms with Crippen LogP contribution in [-0.2, 0) is 16.2 Å². The van der Waals surface area contributed by atoms with Gasteiger partial charge in [0.1, 0.15) is 23.3 Å². The summed E-state index contributed by atoms with van der Waals surface area (Å²) in [5, 5.41) is 6.70. The fraction of sp³-hybridized carbons (Fsp3) is 0.500. The van der Waals surface area contributed by atoms with E-state index in [1.54, 1.807) is 27.9 Å². The molecule has 0 saturated carbocycles. The minimum atomic E-state index is -0.608. The van der Waals surface area contributed by atoms with Gasteiger partial charge in [-0.2, -0.15) is 0 Å². The van der Waals surface area contributed by atoms with Gasteiger partial charge in [-0.15, -0.1) is 0 Å². The van der Waals surface area contributed by atoms with Crippen LogP contribution in [-0.4, -0.2) is 35.7 Å². The van der Waals surface area contributed by atoms with Gasteiger partial charge in [0.25, 0.3) is 0 Å². The Labute approximate surface area is 182 Å². The van der Waals surface area contributed by atoms with Gasteiger partial charge in [0.15, 0.2) is 12.4 Å². The summed E-state index contributed by atoms with van der Waals surface area (Å²) in [4.78, 5) is 21.8. The van der Waals surface area contributed by atoms with Crippen LogP contribution in [0.3, 0.4) is 0 Å². The van der Waals surface area contributed by atoms with Crippen molar-refractivity contribution in [3.8, 4) is 17.2 Å². The number of carbonyl (C=O) groups is 1.